The molecule has 1 aromatic rings. The van der Waals surface area contributed by atoms with Crippen molar-refractivity contribution in [1.82, 2.24) is 0 Å². The summed E-state index contributed by atoms with van der Waals surface area (Å²) < 4.78 is 18.4. The largest absolute Gasteiger partial charge is 0.494 e. The van der Waals surface area contributed by atoms with Gasteiger partial charge < -0.3 is 4.74 Å². The topological polar surface area (TPSA) is 26.3 Å². The van der Waals surface area contributed by atoms with Crippen molar-refractivity contribution >= 4 is 5.78 Å². The van der Waals surface area contributed by atoms with Crippen molar-refractivity contribution in [1.29, 1.82) is 0 Å². The Balaban J connectivity index is 2.09. The maximum Gasteiger partial charge on any atom is 0.165 e. The second-order valence-corrected chi connectivity index (χ2v) is 4.73. The van der Waals surface area contributed by atoms with E-state index in [1.54, 1.807) is 6.07 Å². The van der Waals surface area contributed by atoms with Gasteiger partial charge in [-0.15, -0.1) is 0 Å². The van der Waals surface area contributed by atoms with E-state index in [0.717, 1.165) is 18.4 Å². The zero-order chi connectivity index (χ0) is 12.4. The molecular formula is C14H17FO2. The van der Waals surface area contributed by atoms with Gasteiger partial charge in [-0.3, -0.25) is 4.79 Å². The van der Waals surface area contributed by atoms with Crippen molar-refractivity contribution in [2.75, 3.05) is 7.11 Å². The molecule has 1 aliphatic rings. The van der Waals surface area contributed by atoms with Crippen LogP contribution >= 0.6 is 0 Å². The van der Waals surface area contributed by atoms with E-state index < -0.39 is 0 Å². The molecule has 0 spiro atoms. The number of rotatable bonds is 3. The van der Waals surface area contributed by atoms with Crippen LogP contribution in [0.1, 0.15) is 25.3 Å². The maximum atomic E-state index is 13.5. The van der Waals surface area contributed by atoms with Gasteiger partial charge in [0.15, 0.2) is 11.6 Å². The molecular weight excluding hydrogens is 219 g/mol. The number of carbonyl (C=O) groups excluding carboxylic acids is 1. The predicted molar refractivity (Wildman–Crippen MR) is 63.6 cm³/mol. The summed E-state index contributed by atoms with van der Waals surface area (Å²) in [6, 6.07) is 5.03. The fourth-order valence-electron chi connectivity index (χ4n) is 2.49. The van der Waals surface area contributed by atoms with Gasteiger partial charge >= 0.3 is 0 Å². The van der Waals surface area contributed by atoms with Crippen LogP contribution in [-0.4, -0.2) is 12.9 Å². The minimum absolute atomic E-state index is 0.111. The SMILES string of the molecule is COc1ccc(CC2CCC(=O)C2C)cc1F. The second kappa shape index (κ2) is 4.86. The summed E-state index contributed by atoms with van der Waals surface area (Å²) in [5.74, 6) is 0.741. The van der Waals surface area contributed by atoms with Crippen LogP contribution in [-0.2, 0) is 11.2 Å². The lowest BCUT2D eigenvalue weighted by molar-refractivity contribution is -0.120. The Bertz CT molecular complexity index is 428. The fourth-order valence-corrected chi connectivity index (χ4v) is 2.49. The van der Waals surface area contributed by atoms with Crippen molar-refractivity contribution in [2.45, 2.75) is 26.2 Å². The number of ketones is 1. The number of hydrogen-bond donors (Lipinski definition) is 0. The van der Waals surface area contributed by atoms with Crippen LogP contribution < -0.4 is 4.74 Å². The van der Waals surface area contributed by atoms with Crippen LogP contribution in [0.3, 0.4) is 0 Å². The van der Waals surface area contributed by atoms with Gasteiger partial charge in [-0.05, 0) is 36.5 Å². The Labute approximate surface area is 101 Å². The molecule has 1 aliphatic carbocycles. The van der Waals surface area contributed by atoms with Crippen LogP contribution in [0.25, 0.3) is 0 Å². The van der Waals surface area contributed by atoms with E-state index in [1.807, 2.05) is 13.0 Å². The molecule has 17 heavy (non-hydrogen) atoms. The van der Waals surface area contributed by atoms with Gasteiger partial charge in [-0.25, -0.2) is 4.39 Å². The van der Waals surface area contributed by atoms with Crippen LogP contribution in [0, 0.1) is 17.7 Å². The smallest absolute Gasteiger partial charge is 0.165 e. The Hall–Kier alpha value is -1.38. The van der Waals surface area contributed by atoms with Crippen molar-refractivity contribution < 1.29 is 13.9 Å². The summed E-state index contributed by atoms with van der Waals surface area (Å²) >= 11 is 0. The number of hydrogen-bond acceptors (Lipinski definition) is 2. The van der Waals surface area contributed by atoms with E-state index in [9.17, 15) is 9.18 Å². The Morgan fingerprint density at radius 2 is 2.24 bits per heavy atom. The number of benzene rings is 1. The minimum Gasteiger partial charge on any atom is -0.494 e. The van der Waals surface area contributed by atoms with Crippen molar-refractivity contribution in [3.63, 3.8) is 0 Å². The van der Waals surface area contributed by atoms with Gasteiger partial charge in [0.2, 0.25) is 0 Å². The first-order chi connectivity index (χ1) is 8.11. The van der Waals surface area contributed by atoms with Gasteiger partial charge in [0, 0.05) is 12.3 Å². The van der Waals surface area contributed by atoms with E-state index >= 15 is 0 Å². The molecule has 0 aromatic heterocycles. The lowest BCUT2D eigenvalue weighted by Crippen LogP contribution is -2.12. The van der Waals surface area contributed by atoms with Gasteiger partial charge in [0.1, 0.15) is 5.78 Å². The molecule has 2 rings (SSSR count). The number of Topliss-reactive ketones (excluding diaryl/α,β-unsaturated/α-hetero) is 1. The third-order valence-electron chi connectivity index (χ3n) is 3.69. The van der Waals surface area contributed by atoms with Crippen LogP contribution in [0.15, 0.2) is 18.2 Å². The predicted octanol–water partition coefficient (Wildman–Crippen LogP) is 2.99. The Morgan fingerprint density at radius 1 is 1.47 bits per heavy atom. The molecule has 2 atom stereocenters. The zero-order valence-corrected chi connectivity index (χ0v) is 10.2. The molecule has 92 valence electrons. The molecule has 1 saturated carbocycles. The standard InChI is InChI=1S/C14H17FO2/c1-9-11(4-5-13(9)16)7-10-3-6-14(17-2)12(15)8-10/h3,6,8-9,11H,4-5,7H2,1-2H3. The van der Waals surface area contributed by atoms with Gasteiger partial charge in [-0.1, -0.05) is 13.0 Å². The summed E-state index contributed by atoms with van der Waals surface area (Å²) in [6.07, 6.45) is 2.37. The zero-order valence-electron chi connectivity index (χ0n) is 10.2. The summed E-state index contributed by atoms with van der Waals surface area (Å²) in [6.45, 7) is 1.97. The second-order valence-electron chi connectivity index (χ2n) is 4.73. The van der Waals surface area contributed by atoms with Crippen LogP contribution in [0.2, 0.25) is 0 Å². The van der Waals surface area contributed by atoms with Gasteiger partial charge in [0.05, 0.1) is 7.11 Å². The molecule has 1 aromatic carbocycles. The monoisotopic (exact) mass is 236 g/mol. The quantitative estimate of drug-likeness (QED) is 0.806. The first-order valence-electron chi connectivity index (χ1n) is 5.97. The number of methoxy groups -OCH3 is 1. The molecule has 0 saturated heterocycles. The lowest BCUT2D eigenvalue weighted by atomic mass is 9.90. The molecule has 0 N–H and O–H groups in total. The highest BCUT2D eigenvalue weighted by Crippen LogP contribution is 2.31. The van der Waals surface area contributed by atoms with E-state index in [4.69, 9.17) is 4.74 Å². The van der Waals surface area contributed by atoms with E-state index in [-0.39, 0.29) is 17.5 Å². The van der Waals surface area contributed by atoms with Gasteiger partial charge in [-0.2, -0.15) is 0 Å². The molecule has 0 aliphatic heterocycles. The molecule has 0 heterocycles. The Kier molecular flexibility index (Phi) is 3.46. The average Bonchev–Trinajstić information content (AvgIpc) is 2.61. The number of ether oxygens (including phenoxy) is 1. The number of carbonyl (C=O) groups is 1. The molecule has 3 heteroatoms. The highest BCUT2D eigenvalue weighted by molar-refractivity contribution is 5.83. The van der Waals surface area contributed by atoms with Crippen LogP contribution in [0.4, 0.5) is 4.39 Å². The summed E-state index contributed by atoms with van der Waals surface area (Å²) in [5, 5.41) is 0. The van der Waals surface area contributed by atoms with E-state index in [1.165, 1.54) is 13.2 Å². The molecule has 0 radical (unpaired) electrons. The first kappa shape index (κ1) is 12.1. The van der Waals surface area contributed by atoms with Crippen molar-refractivity contribution in [3.05, 3.63) is 29.6 Å². The molecule has 2 nitrogen and oxygen atoms in total. The summed E-state index contributed by atoms with van der Waals surface area (Å²) in [4.78, 5) is 11.4. The summed E-state index contributed by atoms with van der Waals surface area (Å²) in [7, 11) is 1.45. The Morgan fingerprint density at radius 3 is 2.76 bits per heavy atom. The van der Waals surface area contributed by atoms with Gasteiger partial charge in [0.25, 0.3) is 0 Å². The number of halogens is 1. The summed E-state index contributed by atoms with van der Waals surface area (Å²) in [5.41, 5.74) is 0.940. The third-order valence-corrected chi connectivity index (χ3v) is 3.69. The third kappa shape index (κ3) is 2.48. The molecule has 1 fully saturated rings. The lowest BCUT2D eigenvalue weighted by Gasteiger charge is -2.14. The average molecular weight is 236 g/mol. The maximum absolute atomic E-state index is 13.5. The molecule has 2 unspecified atom stereocenters. The molecule has 0 bridgehead atoms. The van der Waals surface area contributed by atoms with Crippen molar-refractivity contribution in [2.24, 2.45) is 11.8 Å². The highest BCUT2D eigenvalue weighted by Gasteiger charge is 2.30. The van der Waals surface area contributed by atoms with Crippen LogP contribution in [0.5, 0.6) is 5.75 Å². The van der Waals surface area contributed by atoms with E-state index in [2.05, 4.69) is 0 Å². The highest BCUT2D eigenvalue weighted by atomic mass is 19.1. The minimum atomic E-state index is -0.332. The fraction of sp³-hybridized carbons (Fsp3) is 0.500. The van der Waals surface area contributed by atoms with E-state index in [0.29, 0.717) is 18.1 Å². The first-order valence-corrected chi connectivity index (χ1v) is 5.97. The normalized spacial score (nSPS) is 24.1. The molecule has 0 amide bonds. The van der Waals surface area contributed by atoms with Crippen molar-refractivity contribution in [3.8, 4) is 5.75 Å².